The lowest BCUT2D eigenvalue weighted by molar-refractivity contribution is 0.0644. The lowest BCUT2D eigenvalue weighted by Crippen LogP contribution is -2.40. The first-order valence-corrected chi connectivity index (χ1v) is 8.25. The predicted octanol–water partition coefficient (Wildman–Crippen LogP) is 2.95. The molecule has 2 aromatic heterocycles. The van der Waals surface area contributed by atoms with Gasteiger partial charge in [-0.1, -0.05) is 30.3 Å². The molecule has 4 rings (SSSR count). The van der Waals surface area contributed by atoms with Crippen LogP contribution in [0.2, 0.25) is 0 Å². The van der Waals surface area contributed by atoms with Gasteiger partial charge in [0.15, 0.2) is 0 Å². The molecule has 1 aliphatic heterocycles. The van der Waals surface area contributed by atoms with Gasteiger partial charge in [-0.3, -0.25) is 9.48 Å². The van der Waals surface area contributed by atoms with Crippen LogP contribution in [0.5, 0.6) is 0 Å². The van der Waals surface area contributed by atoms with Crippen molar-refractivity contribution in [3.05, 3.63) is 77.9 Å². The van der Waals surface area contributed by atoms with Crippen molar-refractivity contribution in [2.24, 2.45) is 0 Å². The van der Waals surface area contributed by atoms with Crippen LogP contribution in [0, 0.1) is 0 Å². The van der Waals surface area contributed by atoms with Gasteiger partial charge in [0.2, 0.25) is 0 Å². The number of nitrogens with zero attached hydrogens (tertiary/aromatic N) is 4. The summed E-state index contributed by atoms with van der Waals surface area (Å²) in [4.78, 5) is 14.8. The molecule has 0 unspecified atom stereocenters. The molecule has 0 bridgehead atoms. The predicted molar refractivity (Wildman–Crippen MR) is 91.7 cm³/mol. The summed E-state index contributed by atoms with van der Waals surface area (Å²) in [5.74, 6) is 0.0502. The van der Waals surface area contributed by atoms with Crippen molar-refractivity contribution in [1.29, 1.82) is 0 Å². The maximum absolute atomic E-state index is 12.9. The van der Waals surface area contributed by atoms with Gasteiger partial charge in [-0.05, 0) is 24.6 Å². The normalized spacial score (nSPS) is 16.9. The van der Waals surface area contributed by atoms with Crippen LogP contribution in [0.25, 0.3) is 0 Å². The molecule has 24 heavy (non-hydrogen) atoms. The monoisotopic (exact) mass is 320 g/mol. The van der Waals surface area contributed by atoms with E-state index in [1.54, 1.807) is 6.20 Å². The number of fused-ring (bicyclic) bond motifs is 1. The summed E-state index contributed by atoms with van der Waals surface area (Å²) < 4.78 is 4.03. The lowest BCUT2D eigenvalue weighted by Gasteiger charge is -2.34. The van der Waals surface area contributed by atoms with E-state index in [4.69, 9.17) is 0 Å². The van der Waals surface area contributed by atoms with Gasteiger partial charge < -0.3 is 9.47 Å². The quantitative estimate of drug-likeness (QED) is 0.744. The van der Waals surface area contributed by atoms with Crippen molar-refractivity contribution in [3.8, 4) is 0 Å². The number of amides is 1. The average Bonchev–Trinajstić information content (AvgIpc) is 3.25. The van der Waals surface area contributed by atoms with Crippen LogP contribution >= 0.6 is 0 Å². The van der Waals surface area contributed by atoms with E-state index in [9.17, 15) is 4.79 Å². The van der Waals surface area contributed by atoms with Crippen molar-refractivity contribution < 1.29 is 4.79 Å². The van der Waals surface area contributed by atoms with Crippen molar-refractivity contribution in [2.75, 3.05) is 6.54 Å². The molecule has 5 heteroatoms. The van der Waals surface area contributed by atoms with E-state index >= 15 is 0 Å². The third kappa shape index (κ3) is 2.62. The Morgan fingerprint density at radius 3 is 2.83 bits per heavy atom. The van der Waals surface area contributed by atoms with Crippen LogP contribution in [-0.2, 0) is 13.1 Å². The Morgan fingerprint density at radius 1 is 1.17 bits per heavy atom. The largest absolute Gasteiger partial charge is 0.348 e. The molecular weight excluding hydrogens is 300 g/mol. The maximum Gasteiger partial charge on any atom is 0.257 e. The van der Waals surface area contributed by atoms with Gasteiger partial charge in [0.1, 0.15) is 0 Å². The molecule has 0 spiro atoms. The van der Waals surface area contributed by atoms with Gasteiger partial charge in [-0.25, -0.2) is 0 Å². The van der Waals surface area contributed by atoms with Crippen LogP contribution in [0.4, 0.5) is 0 Å². The SMILES string of the molecule is C[C@H]1c2cccn2CCN1C(=O)c1cnn(Cc2ccccc2)c1. The first-order valence-electron chi connectivity index (χ1n) is 8.25. The standard InChI is InChI=1S/C19H20N4O/c1-15-18-8-5-9-21(18)10-11-23(15)19(24)17-12-20-22(14-17)13-16-6-3-2-4-7-16/h2-9,12,14-15H,10-11,13H2,1H3/t15-/m0/s1. The summed E-state index contributed by atoms with van der Waals surface area (Å²) in [5, 5.41) is 4.35. The summed E-state index contributed by atoms with van der Waals surface area (Å²) in [6.45, 7) is 4.33. The molecule has 0 saturated carbocycles. The number of carbonyl (C=O) groups is 1. The van der Waals surface area contributed by atoms with E-state index in [2.05, 4.69) is 41.0 Å². The Kier molecular flexibility index (Phi) is 3.69. The molecule has 122 valence electrons. The van der Waals surface area contributed by atoms with Crippen LogP contribution in [0.3, 0.4) is 0 Å². The van der Waals surface area contributed by atoms with E-state index in [0.29, 0.717) is 12.1 Å². The molecule has 1 atom stereocenters. The van der Waals surface area contributed by atoms with E-state index in [-0.39, 0.29) is 11.9 Å². The first kappa shape index (κ1) is 14.8. The number of rotatable bonds is 3. The van der Waals surface area contributed by atoms with Crippen LogP contribution in [0.15, 0.2) is 61.1 Å². The Hall–Kier alpha value is -2.82. The minimum atomic E-state index is 0.0502. The lowest BCUT2D eigenvalue weighted by atomic mass is 10.1. The molecule has 1 aromatic carbocycles. The Labute approximate surface area is 141 Å². The zero-order chi connectivity index (χ0) is 16.5. The molecule has 0 saturated heterocycles. The summed E-state index contributed by atoms with van der Waals surface area (Å²) >= 11 is 0. The average molecular weight is 320 g/mol. The molecule has 3 heterocycles. The van der Waals surface area contributed by atoms with Gasteiger partial charge >= 0.3 is 0 Å². The fourth-order valence-electron chi connectivity index (χ4n) is 3.35. The van der Waals surface area contributed by atoms with Gasteiger partial charge in [0.05, 0.1) is 24.3 Å². The minimum Gasteiger partial charge on any atom is -0.348 e. The zero-order valence-electron chi connectivity index (χ0n) is 13.7. The highest BCUT2D eigenvalue weighted by Crippen LogP contribution is 2.26. The van der Waals surface area contributed by atoms with E-state index in [1.165, 1.54) is 11.3 Å². The summed E-state index contributed by atoms with van der Waals surface area (Å²) in [6, 6.07) is 14.3. The Bertz CT molecular complexity index is 849. The van der Waals surface area contributed by atoms with E-state index in [1.807, 2.05) is 40.0 Å². The Morgan fingerprint density at radius 2 is 2.00 bits per heavy atom. The molecule has 1 amide bonds. The van der Waals surface area contributed by atoms with Crippen molar-refractivity contribution in [2.45, 2.75) is 26.1 Å². The summed E-state index contributed by atoms with van der Waals surface area (Å²) in [5.41, 5.74) is 3.01. The van der Waals surface area contributed by atoms with Gasteiger partial charge in [-0.2, -0.15) is 5.10 Å². The molecule has 3 aromatic rings. The van der Waals surface area contributed by atoms with E-state index < -0.39 is 0 Å². The summed E-state index contributed by atoms with van der Waals surface area (Å²) in [7, 11) is 0. The van der Waals surface area contributed by atoms with Gasteiger partial charge in [0.25, 0.3) is 5.91 Å². The molecule has 0 N–H and O–H groups in total. The smallest absolute Gasteiger partial charge is 0.257 e. The fraction of sp³-hybridized carbons (Fsp3) is 0.263. The Balaban J connectivity index is 1.51. The molecule has 0 radical (unpaired) electrons. The number of carbonyl (C=O) groups excluding carboxylic acids is 1. The van der Waals surface area contributed by atoms with Gasteiger partial charge in [0, 0.05) is 31.2 Å². The van der Waals surface area contributed by atoms with Crippen LogP contribution < -0.4 is 0 Å². The molecule has 5 nitrogen and oxygen atoms in total. The number of benzene rings is 1. The second-order valence-corrected chi connectivity index (χ2v) is 6.21. The van der Waals surface area contributed by atoms with Crippen molar-refractivity contribution >= 4 is 5.91 Å². The fourth-order valence-corrected chi connectivity index (χ4v) is 3.35. The van der Waals surface area contributed by atoms with Crippen LogP contribution in [-0.4, -0.2) is 31.7 Å². The maximum atomic E-state index is 12.9. The molecule has 0 fully saturated rings. The highest BCUT2D eigenvalue weighted by atomic mass is 16.2. The third-order valence-corrected chi connectivity index (χ3v) is 4.67. The molecular formula is C19H20N4O. The topological polar surface area (TPSA) is 43.1 Å². The highest BCUT2D eigenvalue weighted by molar-refractivity contribution is 5.94. The van der Waals surface area contributed by atoms with Crippen LogP contribution in [0.1, 0.15) is 34.6 Å². The third-order valence-electron chi connectivity index (χ3n) is 4.67. The second kappa shape index (κ2) is 6.00. The van der Waals surface area contributed by atoms with E-state index in [0.717, 1.165) is 13.1 Å². The molecule has 0 aliphatic carbocycles. The minimum absolute atomic E-state index is 0.0502. The van der Waals surface area contributed by atoms with Crippen molar-refractivity contribution in [1.82, 2.24) is 19.2 Å². The summed E-state index contributed by atoms with van der Waals surface area (Å²) in [6.07, 6.45) is 5.59. The highest BCUT2D eigenvalue weighted by Gasteiger charge is 2.28. The second-order valence-electron chi connectivity index (χ2n) is 6.21. The number of hydrogen-bond acceptors (Lipinski definition) is 2. The number of hydrogen-bond donors (Lipinski definition) is 0. The zero-order valence-corrected chi connectivity index (χ0v) is 13.7. The van der Waals surface area contributed by atoms with Gasteiger partial charge in [-0.15, -0.1) is 0 Å². The van der Waals surface area contributed by atoms with Crippen molar-refractivity contribution in [3.63, 3.8) is 0 Å². The molecule has 1 aliphatic rings. The number of aromatic nitrogens is 3. The first-order chi connectivity index (χ1) is 11.7.